The maximum Gasteiger partial charge on any atom is 0.221 e. The summed E-state index contributed by atoms with van der Waals surface area (Å²) in [7, 11) is 1.56. The van der Waals surface area contributed by atoms with Crippen molar-refractivity contribution in [2.24, 2.45) is 4.99 Å². The fourth-order valence-corrected chi connectivity index (χ4v) is 2.97. The minimum absolute atomic E-state index is 0.163. The molecule has 7 heteroatoms. The van der Waals surface area contributed by atoms with Gasteiger partial charge in [-0.15, -0.1) is 0 Å². The Morgan fingerprint density at radius 1 is 1.17 bits per heavy atom. The third-order valence-corrected chi connectivity index (χ3v) is 4.64. The van der Waals surface area contributed by atoms with Crippen LogP contribution in [0.2, 0.25) is 0 Å². The van der Waals surface area contributed by atoms with Crippen LogP contribution in [0.1, 0.15) is 38.8 Å². The highest BCUT2D eigenvalue weighted by molar-refractivity contribution is 5.90. The molecule has 0 unspecified atom stereocenters. The van der Waals surface area contributed by atoms with Crippen LogP contribution in [0.15, 0.2) is 47.5 Å². The lowest BCUT2D eigenvalue weighted by Crippen LogP contribution is -2.43. The predicted octanol–water partition coefficient (Wildman–Crippen LogP) is 3.83. The Bertz CT molecular complexity index is 897. The number of carbonyl (C=O) groups is 1. The number of carbonyl (C=O) groups excluding carboxylic acids is 1. The van der Waals surface area contributed by atoms with Gasteiger partial charge >= 0.3 is 0 Å². The summed E-state index contributed by atoms with van der Waals surface area (Å²) in [6, 6.07) is 12.2. The molecule has 2 aromatic carbocycles. The van der Waals surface area contributed by atoms with Crippen molar-refractivity contribution in [3.63, 3.8) is 0 Å². The number of methoxy groups -OCH3 is 1. The topological polar surface area (TPSA) is 74.8 Å². The zero-order chi connectivity index (χ0) is 22.1. The summed E-state index contributed by atoms with van der Waals surface area (Å²) in [4.78, 5) is 16.1. The van der Waals surface area contributed by atoms with Crippen LogP contribution in [0.25, 0.3) is 0 Å². The van der Waals surface area contributed by atoms with E-state index in [0.29, 0.717) is 37.0 Å². The molecule has 0 spiro atoms. The molecule has 0 saturated heterocycles. The second-order valence-electron chi connectivity index (χ2n) is 7.66. The molecule has 0 radical (unpaired) electrons. The Balaban J connectivity index is 2.11. The lowest BCUT2D eigenvalue weighted by molar-refractivity contribution is -0.114. The lowest BCUT2D eigenvalue weighted by Gasteiger charge is -2.27. The first-order valence-corrected chi connectivity index (χ1v) is 9.98. The number of guanidine groups is 1. The van der Waals surface area contributed by atoms with Crippen molar-refractivity contribution in [3.05, 3.63) is 59.4 Å². The average Bonchev–Trinajstić information content (AvgIpc) is 2.70. The molecule has 0 bridgehead atoms. The number of rotatable bonds is 8. The smallest absolute Gasteiger partial charge is 0.221 e. The van der Waals surface area contributed by atoms with Gasteiger partial charge in [0.15, 0.2) is 5.96 Å². The van der Waals surface area contributed by atoms with Gasteiger partial charge in [-0.25, -0.2) is 9.38 Å². The Morgan fingerprint density at radius 3 is 2.57 bits per heavy atom. The summed E-state index contributed by atoms with van der Waals surface area (Å²) in [5.74, 6) is 0.859. The second-order valence-corrected chi connectivity index (χ2v) is 7.66. The minimum atomic E-state index is -0.281. The van der Waals surface area contributed by atoms with Gasteiger partial charge in [0.1, 0.15) is 11.6 Å². The van der Waals surface area contributed by atoms with E-state index in [1.54, 1.807) is 19.2 Å². The Morgan fingerprint density at radius 2 is 1.93 bits per heavy atom. The minimum Gasteiger partial charge on any atom is -0.495 e. The van der Waals surface area contributed by atoms with Crippen molar-refractivity contribution in [2.75, 3.05) is 25.5 Å². The molecular weight excluding hydrogens is 383 g/mol. The van der Waals surface area contributed by atoms with Gasteiger partial charge in [-0.3, -0.25) is 4.79 Å². The number of nitrogens with one attached hydrogen (secondary N) is 3. The number of aliphatic imine (C=N–C) groups is 1. The normalized spacial score (nSPS) is 11.7. The highest BCUT2D eigenvalue weighted by Crippen LogP contribution is 2.26. The summed E-state index contributed by atoms with van der Waals surface area (Å²) >= 11 is 0. The third-order valence-electron chi connectivity index (χ3n) is 4.64. The number of benzene rings is 2. The largest absolute Gasteiger partial charge is 0.495 e. The first-order chi connectivity index (χ1) is 14.2. The molecule has 0 aliphatic carbocycles. The van der Waals surface area contributed by atoms with Crippen LogP contribution in [0.4, 0.5) is 10.1 Å². The number of amides is 1. The molecule has 0 aliphatic heterocycles. The molecule has 0 aliphatic rings. The van der Waals surface area contributed by atoms with Gasteiger partial charge in [-0.1, -0.05) is 32.0 Å². The summed E-state index contributed by atoms with van der Waals surface area (Å²) in [6.07, 6.45) is 0. The van der Waals surface area contributed by atoms with Crippen molar-refractivity contribution in [2.45, 2.75) is 39.7 Å². The molecule has 6 nitrogen and oxygen atoms in total. The summed E-state index contributed by atoms with van der Waals surface area (Å²) in [5, 5.41) is 9.34. The van der Waals surface area contributed by atoms with Gasteiger partial charge in [0.25, 0.3) is 0 Å². The summed E-state index contributed by atoms with van der Waals surface area (Å²) < 4.78 is 18.9. The molecule has 0 heterocycles. The lowest BCUT2D eigenvalue weighted by atomic mass is 9.84. The van der Waals surface area contributed by atoms with Crippen LogP contribution in [0.5, 0.6) is 5.75 Å². The SMILES string of the molecule is CCNC(=NCc1ccc(OC)c(NC(C)=O)c1)NCC(C)(C)c1cccc(F)c1. The standard InChI is InChI=1S/C23H31FN4O2/c1-6-25-22(27-15-23(3,4)18-8-7-9-19(24)13-18)26-14-17-10-11-21(30-5)20(12-17)28-16(2)29/h7-13H,6,14-15H2,1-5H3,(H,28,29)(H2,25,26,27). The highest BCUT2D eigenvalue weighted by atomic mass is 19.1. The van der Waals surface area contributed by atoms with E-state index in [4.69, 9.17) is 4.74 Å². The van der Waals surface area contributed by atoms with Gasteiger partial charge in [0.2, 0.25) is 5.91 Å². The number of hydrogen-bond donors (Lipinski definition) is 3. The van der Waals surface area contributed by atoms with Crippen LogP contribution < -0.4 is 20.7 Å². The van der Waals surface area contributed by atoms with E-state index >= 15 is 0 Å². The van der Waals surface area contributed by atoms with Crippen LogP contribution >= 0.6 is 0 Å². The van der Waals surface area contributed by atoms with Gasteiger partial charge < -0.3 is 20.7 Å². The van der Waals surface area contributed by atoms with Crippen LogP contribution in [0.3, 0.4) is 0 Å². The van der Waals surface area contributed by atoms with Crippen molar-refractivity contribution >= 4 is 17.6 Å². The fraction of sp³-hybridized carbons (Fsp3) is 0.391. The molecule has 3 N–H and O–H groups in total. The number of ether oxygens (including phenoxy) is 1. The molecule has 0 fully saturated rings. The van der Waals surface area contributed by atoms with Crippen molar-refractivity contribution in [3.8, 4) is 5.75 Å². The summed E-state index contributed by atoms with van der Waals surface area (Å²) in [5.41, 5.74) is 2.18. The monoisotopic (exact) mass is 414 g/mol. The number of halogens is 1. The maximum absolute atomic E-state index is 13.6. The van der Waals surface area contributed by atoms with E-state index < -0.39 is 0 Å². The Kier molecular flexibility index (Phi) is 8.21. The second kappa shape index (κ2) is 10.6. The van der Waals surface area contributed by atoms with E-state index in [1.807, 2.05) is 31.2 Å². The first kappa shape index (κ1) is 23.2. The van der Waals surface area contributed by atoms with Gasteiger partial charge in [-0.2, -0.15) is 0 Å². The molecule has 0 atom stereocenters. The van der Waals surface area contributed by atoms with E-state index in [9.17, 15) is 9.18 Å². The van der Waals surface area contributed by atoms with Gasteiger partial charge in [0, 0.05) is 25.4 Å². The number of anilines is 1. The molecular formula is C23H31FN4O2. The van der Waals surface area contributed by atoms with Gasteiger partial charge in [-0.05, 0) is 42.3 Å². The number of hydrogen-bond acceptors (Lipinski definition) is 3. The van der Waals surface area contributed by atoms with Crippen molar-refractivity contribution < 1.29 is 13.9 Å². The van der Waals surface area contributed by atoms with Crippen molar-refractivity contribution in [1.29, 1.82) is 0 Å². The zero-order valence-electron chi connectivity index (χ0n) is 18.3. The Labute approximate surface area is 177 Å². The quantitative estimate of drug-likeness (QED) is 0.453. The molecule has 0 saturated carbocycles. The molecule has 0 aromatic heterocycles. The first-order valence-electron chi connectivity index (χ1n) is 9.98. The van der Waals surface area contributed by atoms with E-state index in [-0.39, 0.29) is 17.1 Å². The van der Waals surface area contributed by atoms with Crippen molar-refractivity contribution in [1.82, 2.24) is 10.6 Å². The van der Waals surface area contributed by atoms with Gasteiger partial charge in [0.05, 0.1) is 19.3 Å². The zero-order valence-corrected chi connectivity index (χ0v) is 18.3. The predicted molar refractivity (Wildman–Crippen MR) is 120 cm³/mol. The maximum atomic E-state index is 13.6. The molecule has 30 heavy (non-hydrogen) atoms. The van der Waals surface area contributed by atoms with E-state index in [2.05, 4.69) is 34.8 Å². The van der Waals surface area contributed by atoms with Crippen LogP contribution in [-0.2, 0) is 16.8 Å². The molecule has 2 rings (SSSR count). The fourth-order valence-electron chi connectivity index (χ4n) is 2.97. The van der Waals surface area contributed by atoms with Crippen LogP contribution in [0, 0.1) is 5.82 Å². The molecule has 162 valence electrons. The molecule has 2 aromatic rings. The van der Waals surface area contributed by atoms with E-state index in [1.165, 1.54) is 13.0 Å². The third kappa shape index (κ3) is 6.76. The number of nitrogens with zero attached hydrogens (tertiary/aromatic N) is 1. The van der Waals surface area contributed by atoms with E-state index in [0.717, 1.165) is 11.1 Å². The molecule has 1 amide bonds. The highest BCUT2D eigenvalue weighted by Gasteiger charge is 2.21. The average molecular weight is 415 g/mol. The van der Waals surface area contributed by atoms with Crippen LogP contribution in [-0.4, -0.2) is 32.1 Å². The summed E-state index contributed by atoms with van der Waals surface area (Å²) in [6.45, 7) is 9.29. The Hall–Kier alpha value is -3.09.